The van der Waals surface area contributed by atoms with Gasteiger partial charge in [-0.25, -0.2) is 0 Å². The summed E-state index contributed by atoms with van der Waals surface area (Å²) in [5.74, 6) is 0. The molecule has 0 spiro atoms. The first kappa shape index (κ1) is 9.64. The van der Waals surface area contributed by atoms with Crippen molar-refractivity contribution in [3.8, 4) is 0 Å². The third-order valence-electron chi connectivity index (χ3n) is 0.292. The first-order chi connectivity index (χ1) is 2.41. The summed E-state index contributed by atoms with van der Waals surface area (Å²) in [6, 6.07) is 0. The van der Waals surface area contributed by atoms with Gasteiger partial charge in [0.25, 0.3) is 0 Å². The zero-order valence-corrected chi connectivity index (χ0v) is 5.24. The van der Waals surface area contributed by atoms with Crippen LogP contribution in [0.25, 0.3) is 0 Å². The molecule has 0 radical (unpaired) electrons. The van der Waals surface area contributed by atoms with E-state index in [1.165, 1.54) is 0 Å². The molecule has 3 heteroatoms. The molecule has 0 aromatic heterocycles. The highest BCUT2D eigenvalue weighted by Crippen LogP contribution is 1.81. The molecule has 0 aromatic rings. The maximum Gasteiger partial charge on any atom is 0.0438 e. The number of aliphatic hydroxyl groups excluding tert-OH is 1. The molecule has 0 rings (SSSR count). The Labute approximate surface area is 46.3 Å². The third kappa shape index (κ3) is 8.83. The minimum atomic E-state index is 0. The van der Waals surface area contributed by atoms with Crippen molar-refractivity contribution in [1.82, 2.24) is 6.15 Å². The molecular weight excluding hydrogens is 146 g/mol. The van der Waals surface area contributed by atoms with Crippen molar-refractivity contribution in [3.05, 3.63) is 0 Å². The Hall–Kier alpha value is 0.400. The molecule has 0 aliphatic rings. The molecule has 0 amide bonds. The second-order valence-corrected chi connectivity index (χ2v) is 1.56. The van der Waals surface area contributed by atoms with Crippen LogP contribution in [0.1, 0.15) is 6.42 Å². The fourth-order valence-corrected chi connectivity index (χ4v) is 0.311. The highest BCUT2D eigenvalue weighted by atomic mass is 79.9. The maximum absolute atomic E-state index is 8.04. The average Bonchev–Trinajstić information content (AvgIpc) is 1.41. The van der Waals surface area contributed by atoms with Crippen molar-refractivity contribution >= 4 is 15.9 Å². The Morgan fingerprint density at radius 2 is 2.00 bits per heavy atom. The molecule has 0 aromatic carbocycles. The summed E-state index contributed by atoms with van der Waals surface area (Å²) in [6.45, 7) is 0.297. The summed E-state index contributed by atoms with van der Waals surface area (Å²) in [5, 5.41) is 8.94. The normalized spacial score (nSPS) is 7.00. The van der Waals surface area contributed by atoms with E-state index in [0.29, 0.717) is 6.61 Å². The molecule has 0 saturated carbocycles. The Balaban J connectivity index is 0. The van der Waals surface area contributed by atoms with E-state index in [9.17, 15) is 0 Å². The molecule has 6 heavy (non-hydrogen) atoms. The van der Waals surface area contributed by atoms with Crippen molar-refractivity contribution in [2.24, 2.45) is 0 Å². The van der Waals surface area contributed by atoms with Crippen LogP contribution in [0.15, 0.2) is 0 Å². The molecule has 0 heterocycles. The van der Waals surface area contributed by atoms with Crippen LogP contribution < -0.4 is 6.15 Å². The molecular formula is C3H10BrNO. The largest absolute Gasteiger partial charge is 0.396 e. The zero-order chi connectivity index (χ0) is 4.12. The van der Waals surface area contributed by atoms with Crippen LogP contribution in [-0.4, -0.2) is 17.0 Å². The lowest BCUT2D eigenvalue weighted by molar-refractivity contribution is 0.296. The highest BCUT2D eigenvalue weighted by molar-refractivity contribution is 9.09. The monoisotopic (exact) mass is 155 g/mol. The van der Waals surface area contributed by atoms with Gasteiger partial charge in [-0.05, 0) is 6.42 Å². The number of alkyl halides is 1. The lowest BCUT2D eigenvalue weighted by atomic mass is 10.5. The number of halogens is 1. The minimum Gasteiger partial charge on any atom is -0.396 e. The lowest BCUT2D eigenvalue weighted by Crippen LogP contribution is -1.78. The van der Waals surface area contributed by atoms with Gasteiger partial charge in [0, 0.05) is 11.9 Å². The second kappa shape index (κ2) is 9.04. The molecule has 40 valence electrons. The first-order valence-corrected chi connectivity index (χ1v) is 2.70. The highest BCUT2D eigenvalue weighted by Gasteiger charge is 1.70. The smallest absolute Gasteiger partial charge is 0.0438 e. The molecule has 4 N–H and O–H groups in total. The van der Waals surface area contributed by atoms with Crippen molar-refractivity contribution in [2.45, 2.75) is 6.42 Å². The van der Waals surface area contributed by atoms with Crippen molar-refractivity contribution < 1.29 is 5.11 Å². The molecule has 0 saturated heterocycles. The Bertz CT molecular complexity index is 18.3. The standard InChI is InChI=1S/C3H7BrO.H3N/c4-2-1-3-5;/h5H,1-3H2;1H3. The molecule has 0 fully saturated rings. The molecule has 2 nitrogen and oxygen atoms in total. The summed E-state index contributed by atoms with van der Waals surface area (Å²) < 4.78 is 0. The van der Waals surface area contributed by atoms with Gasteiger partial charge in [-0.3, -0.25) is 0 Å². The van der Waals surface area contributed by atoms with Crippen molar-refractivity contribution in [2.75, 3.05) is 11.9 Å². The van der Waals surface area contributed by atoms with Crippen LogP contribution >= 0.6 is 15.9 Å². The van der Waals surface area contributed by atoms with Crippen molar-refractivity contribution in [1.29, 1.82) is 0 Å². The van der Waals surface area contributed by atoms with Gasteiger partial charge in [0.1, 0.15) is 0 Å². The second-order valence-electron chi connectivity index (χ2n) is 0.766. The molecule has 0 aliphatic carbocycles. The van der Waals surface area contributed by atoms with Crippen LogP contribution in [0.2, 0.25) is 0 Å². The van der Waals surface area contributed by atoms with Gasteiger partial charge in [0.05, 0.1) is 0 Å². The number of rotatable bonds is 2. The fourth-order valence-electron chi connectivity index (χ4n) is 0.0598. The number of hydrogen-bond acceptors (Lipinski definition) is 2. The van der Waals surface area contributed by atoms with E-state index in [0.717, 1.165) is 11.8 Å². The predicted octanol–water partition coefficient (Wildman–Crippen LogP) is 0.926. The van der Waals surface area contributed by atoms with E-state index in [1.54, 1.807) is 0 Å². The van der Waals surface area contributed by atoms with Gasteiger partial charge in [-0.2, -0.15) is 0 Å². The van der Waals surface area contributed by atoms with Crippen LogP contribution in [-0.2, 0) is 0 Å². The summed E-state index contributed by atoms with van der Waals surface area (Å²) in [6.07, 6.45) is 0.861. The lowest BCUT2D eigenvalue weighted by Gasteiger charge is -1.78. The summed E-state index contributed by atoms with van der Waals surface area (Å²) in [7, 11) is 0. The Morgan fingerprint density at radius 3 is 2.00 bits per heavy atom. The minimum absolute atomic E-state index is 0. The number of aliphatic hydroxyl groups is 1. The SMILES string of the molecule is N.OCCCBr. The van der Waals surface area contributed by atoms with Gasteiger partial charge >= 0.3 is 0 Å². The van der Waals surface area contributed by atoms with Crippen LogP contribution in [0.5, 0.6) is 0 Å². The predicted molar refractivity (Wildman–Crippen MR) is 30.5 cm³/mol. The van der Waals surface area contributed by atoms with Gasteiger partial charge < -0.3 is 11.3 Å². The van der Waals surface area contributed by atoms with E-state index in [-0.39, 0.29) is 6.15 Å². The van der Waals surface area contributed by atoms with E-state index < -0.39 is 0 Å². The molecule has 0 bridgehead atoms. The van der Waals surface area contributed by atoms with Gasteiger partial charge in [-0.1, -0.05) is 15.9 Å². The van der Waals surface area contributed by atoms with Gasteiger partial charge in [-0.15, -0.1) is 0 Å². The summed E-state index contributed by atoms with van der Waals surface area (Å²) in [4.78, 5) is 0. The average molecular weight is 156 g/mol. The zero-order valence-electron chi connectivity index (χ0n) is 3.65. The Kier molecular flexibility index (Phi) is 14.5. The quantitative estimate of drug-likeness (QED) is 0.584. The van der Waals surface area contributed by atoms with E-state index in [2.05, 4.69) is 15.9 Å². The Morgan fingerprint density at radius 1 is 1.50 bits per heavy atom. The van der Waals surface area contributed by atoms with Crippen LogP contribution in [0.4, 0.5) is 0 Å². The fraction of sp³-hybridized carbons (Fsp3) is 1.00. The van der Waals surface area contributed by atoms with E-state index in [1.807, 2.05) is 0 Å². The first-order valence-electron chi connectivity index (χ1n) is 1.58. The van der Waals surface area contributed by atoms with E-state index >= 15 is 0 Å². The number of hydrogen-bond donors (Lipinski definition) is 2. The van der Waals surface area contributed by atoms with Crippen LogP contribution in [0, 0.1) is 0 Å². The molecule has 0 aliphatic heterocycles. The maximum atomic E-state index is 8.04. The van der Waals surface area contributed by atoms with Gasteiger partial charge in [0.2, 0.25) is 0 Å². The molecule has 0 atom stereocenters. The van der Waals surface area contributed by atoms with Crippen LogP contribution in [0.3, 0.4) is 0 Å². The third-order valence-corrected chi connectivity index (χ3v) is 0.852. The summed E-state index contributed by atoms with van der Waals surface area (Å²) in [5.41, 5.74) is 0. The van der Waals surface area contributed by atoms with E-state index in [4.69, 9.17) is 5.11 Å². The molecule has 0 unspecified atom stereocenters. The van der Waals surface area contributed by atoms with Gasteiger partial charge in [0.15, 0.2) is 0 Å². The van der Waals surface area contributed by atoms with Crippen molar-refractivity contribution in [3.63, 3.8) is 0 Å². The summed E-state index contributed by atoms with van der Waals surface area (Å²) >= 11 is 3.15. The topological polar surface area (TPSA) is 55.2 Å².